The predicted molar refractivity (Wildman–Crippen MR) is 135 cm³/mol. The van der Waals surface area contributed by atoms with E-state index in [1.54, 1.807) is 0 Å². The molecule has 2 heterocycles. The van der Waals surface area contributed by atoms with Crippen LogP contribution in [0, 0.1) is 13.8 Å². The zero-order valence-electron chi connectivity index (χ0n) is 18.7. The smallest absolute Gasteiger partial charge is 0.107 e. The standard InChI is InChI=1S/C29H27N3/c1-21-17-18-30-22(2)28(21)31-19-20-32(23(31)3)29-26(24-11-6-4-7-12-24)15-10-16-27(29)25-13-8-5-9-14-25/h4-20,23H,1-3H3/t23-/m0/s1. The summed E-state index contributed by atoms with van der Waals surface area (Å²) in [5.41, 5.74) is 9.56. The number of pyridine rings is 1. The summed E-state index contributed by atoms with van der Waals surface area (Å²) in [5.74, 6) is 0. The molecule has 0 aliphatic carbocycles. The van der Waals surface area contributed by atoms with Crippen LogP contribution in [-0.2, 0) is 0 Å². The molecule has 1 atom stereocenters. The first kappa shape index (κ1) is 20.1. The molecule has 1 aliphatic heterocycles. The summed E-state index contributed by atoms with van der Waals surface area (Å²) in [7, 11) is 0. The normalized spacial score (nSPS) is 15.4. The van der Waals surface area contributed by atoms with E-state index in [4.69, 9.17) is 0 Å². The number of benzene rings is 3. The van der Waals surface area contributed by atoms with Gasteiger partial charge in [-0.05, 0) is 43.5 Å². The van der Waals surface area contributed by atoms with E-state index in [-0.39, 0.29) is 6.17 Å². The lowest BCUT2D eigenvalue weighted by Gasteiger charge is -2.33. The summed E-state index contributed by atoms with van der Waals surface area (Å²) < 4.78 is 0. The molecule has 3 aromatic carbocycles. The molecular formula is C29H27N3. The summed E-state index contributed by atoms with van der Waals surface area (Å²) in [6.07, 6.45) is 6.38. The molecule has 3 heteroatoms. The molecule has 0 fully saturated rings. The summed E-state index contributed by atoms with van der Waals surface area (Å²) in [6, 6.07) is 30.0. The van der Waals surface area contributed by atoms with E-state index in [0.29, 0.717) is 0 Å². The summed E-state index contributed by atoms with van der Waals surface area (Å²) in [4.78, 5) is 9.27. The van der Waals surface area contributed by atoms with E-state index in [9.17, 15) is 0 Å². The minimum Gasteiger partial charge on any atom is -0.324 e. The van der Waals surface area contributed by atoms with Crippen LogP contribution in [0.3, 0.4) is 0 Å². The molecule has 32 heavy (non-hydrogen) atoms. The third-order valence-corrected chi connectivity index (χ3v) is 6.22. The van der Waals surface area contributed by atoms with Crippen molar-refractivity contribution in [2.45, 2.75) is 26.9 Å². The maximum Gasteiger partial charge on any atom is 0.107 e. The van der Waals surface area contributed by atoms with Gasteiger partial charge in [0.05, 0.1) is 17.1 Å². The zero-order valence-corrected chi connectivity index (χ0v) is 18.7. The molecule has 4 aromatic rings. The molecule has 0 N–H and O–H groups in total. The Morgan fingerprint density at radius 1 is 0.625 bits per heavy atom. The van der Waals surface area contributed by atoms with Crippen LogP contribution in [0.5, 0.6) is 0 Å². The Hall–Kier alpha value is -3.85. The van der Waals surface area contributed by atoms with Gasteiger partial charge in [-0.15, -0.1) is 0 Å². The fourth-order valence-corrected chi connectivity index (χ4v) is 4.65. The monoisotopic (exact) mass is 417 g/mol. The van der Waals surface area contributed by atoms with Crippen LogP contribution in [-0.4, -0.2) is 11.1 Å². The second-order valence-electron chi connectivity index (χ2n) is 8.24. The predicted octanol–water partition coefficient (Wildman–Crippen LogP) is 7.18. The summed E-state index contributed by atoms with van der Waals surface area (Å²) in [6.45, 7) is 6.49. The topological polar surface area (TPSA) is 19.4 Å². The number of anilines is 2. The molecule has 0 radical (unpaired) electrons. The Kier molecular flexibility index (Phi) is 5.24. The van der Waals surface area contributed by atoms with Crippen molar-refractivity contribution < 1.29 is 0 Å². The SMILES string of the molecule is Cc1ccnc(C)c1N1C=CN(c2c(-c3ccccc3)cccc2-c2ccccc2)[C@H]1C. The first-order chi connectivity index (χ1) is 15.6. The average molecular weight is 418 g/mol. The number of hydrogen-bond donors (Lipinski definition) is 0. The van der Waals surface area contributed by atoms with Crippen LogP contribution < -0.4 is 9.80 Å². The minimum atomic E-state index is 0.115. The second-order valence-corrected chi connectivity index (χ2v) is 8.24. The molecule has 0 spiro atoms. The lowest BCUT2D eigenvalue weighted by molar-refractivity contribution is 0.745. The van der Waals surface area contributed by atoms with Gasteiger partial charge < -0.3 is 9.80 Å². The Balaban J connectivity index is 1.67. The lowest BCUT2D eigenvalue weighted by atomic mass is 9.95. The van der Waals surface area contributed by atoms with Crippen molar-refractivity contribution in [1.29, 1.82) is 0 Å². The molecule has 1 aliphatic rings. The molecule has 158 valence electrons. The number of hydrogen-bond acceptors (Lipinski definition) is 3. The summed E-state index contributed by atoms with van der Waals surface area (Å²) in [5, 5.41) is 0. The quantitative estimate of drug-likeness (QED) is 0.351. The molecule has 0 bridgehead atoms. The van der Waals surface area contributed by atoms with E-state index in [0.717, 1.165) is 5.69 Å². The fourth-order valence-electron chi connectivity index (χ4n) is 4.65. The fraction of sp³-hybridized carbons (Fsp3) is 0.138. The number of nitrogens with zero attached hydrogens (tertiary/aromatic N) is 3. The highest BCUT2D eigenvalue weighted by molar-refractivity contribution is 5.92. The van der Waals surface area contributed by atoms with Crippen molar-refractivity contribution in [1.82, 2.24) is 4.98 Å². The molecule has 3 nitrogen and oxygen atoms in total. The van der Waals surface area contributed by atoms with Gasteiger partial charge in [-0.2, -0.15) is 0 Å². The molecule has 0 saturated heterocycles. The molecule has 0 amide bonds. The van der Waals surface area contributed by atoms with E-state index in [1.165, 1.54) is 39.2 Å². The van der Waals surface area contributed by atoms with E-state index < -0.39 is 0 Å². The van der Waals surface area contributed by atoms with Crippen molar-refractivity contribution in [3.8, 4) is 22.3 Å². The van der Waals surface area contributed by atoms with E-state index in [2.05, 4.69) is 133 Å². The minimum absolute atomic E-state index is 0.115. The third-order valence-electron chi connectivity index (χ3n) is 6.22. The zero-order chi connectivity index (χ0) is 22.1. The molecular weight excluding hydrogens is 390 g/mol. The molecule has 5 rings (SSSR count). The maximum atomic E-state index is 4.55. The largest absolute Gasteiger partial charge is 0.324 e. The number of rotatable bonds is 4. The Labute approximate surface area is 190 Å². The number of para-hydroxylation sites is 1. The maximum absolute atomic E-state index is 4.55. The van der Waals surface area contributed by atoms with Crippen molar-refractivity contribution in [3.63, 3.8) is 0 Å². The van der Waals surface area contributed by atoms with Crippen LogP contribution >= 0.6 is 0 Å². The molecule has 0 saturated carbocycles. The Morgan fingerprint density at radius 3 is 1.69 bits per heavy atom. The molecule has 0 unspecified atom stereocenters. The van der Waals surface area contributed by atoms with Gasteiger partial charge in [-0.1, -0.05) is 78.9 Å². The van der Waals surface area contributed by atoms with Gasteiger partial charge in [0.25, 0.3) is 0 Å². The van der Waals surface area contributed by atoms with Gasteiger partial charge in [-0.3, -0.25) is 4.98 Å². The number of aromatic nitrogens is 1. The number of aryl methyl sites for hydroxylation is 2. The lowest BCUT2D eigenvalue weighted by Crippen LogP contribution is -2.37. The van der Waals surface area contributed by atoms with Crippen molar-refractivity contribution in [2.24, 2.45) is 0 Å². The third kappa shape index (κ3) is 3.46. The first-order valence-electron chi connectivity index (χ1n) is 11.1. The van der Waals surface area contributed by atoms with E-state index >= 15 is 0 Å². The van der Waals surface area contributed by atoms with Crippen LogP contribution in [0.15, 0.2) is 104 Å². The van der Waals surface area contributed by atoms with Crippen molar-refractivity contribution in [2.75, 3.05) is 9.80 Å². The first-order valence-corrected chi connectivity index (χ1v) is 11.1. The van der Waals surface area contributed by atoms with Crippen LogP contribution in [0.2, 0.25) is 0 Å². The molecule has 1 aromatic heterocycles. The van der Waals surface area contributed by atoms with Gasteiger partial charge in [0.1, 0.15) is 6.17 Å². The van der Waals surface area contributed by atoms with Crippen molar-refractivity contribution >= 4 is 11.4 Å². The van der Waals surface area contributed by atoms with Crippen molar-refractivity contribution in [3.05, 3.63) is 115 Å². The van der Waals surface area contributed by atoms with Gasteiger partial charge in [0.15, 0.2) is 0 Å². The Morgan fingerprint density at radius 2 is 1.16 bits per heavy atom. The van der Waals surface area contributed by atoms with Crippen LogP contribution in [0.25, 0.3) is 22.3 Å². The highest BCUT2D eigenvalue weighted by Gasteiger charge is 2.30. The highest BCUT2D eigenvalue weighted by Crippen LogP contribution is 2.43. The van der Waals surface area contributed by atoms with Crippen LogP contribution in [0.4, 0.5) is 11.4 Å². The van der Waals surface area contributed by atoms with Gasteiger partial charge in [0.2, 0.25) is 0 Å². The average Bonchev–Trinajstić information content (AvgIpc) is 3.20. The highest BCUT2D eigenvalue weighted by atomic mass is 15.4. The van der Waals surface area contributed by atoms with Gasteiger partial charge in [-0.25, -0.2) is 0 Å². The Bertz CT molecular complexity index is 1180. The second kappa shape index (κ2) is 8.35. The van der Waals surface area contributed by atoms with Gasteiger partial charge in [0, 0.05) is 29.7 Å². The summed E-state index contributed by atoms with van der Waals surface area (Å²) >= 11 is 0. The van der Waals surface area contributed by atoms with Crippen LogP contribution in [0.1, 0.15) is 18.2 Å². The van der Waals surface area contributed by atoms with Gasteiger partial charge >= 0.3 is 0 Å². The van der Waals surface area contributed by atoms with E-state index in [1.807, 2.05) is 6.20 Å².